The Hall–Kier alpha value is -2.52. The Bertz CT molecular complexity index is 1020. The van der Waals surface area contributed by atoms with Crippen LogP contribution in [-0.4, -0.2) is 16.1 Å². The monoisotopic (exact) mass is 331 g/mol. The molecule has 0 aliphatic carbocycles. The first-order valence-electron chi connectivity index (χ1n) is 9.05. The van der Waals surface area contributed by atoms with E-state index in [1.807, 2.05) is 0 Å². The van der Waals surface area contributed by atoms with Gasteiger partial charge in [0.25, 0.3) is 0 Å². The average Bonchev–Trinajstić information content (AvgIpc) is 3.21. The maximum atomic E-state index is 6.20. The van der Waals surface area contributed by atoms with Crippen LogP contribution < -0.4 is 5.73 Å². The lowest BCUT2D eigenvalue weighted by atomic mass is 9.91. The van der Waals surface area contributed by atoms with Crippen molar-refractivity contribution in [1.82, 2.24) is 9.55 Å². The van der Waals surface area contributed by atoms with Crippen molar-refractivity contribution in [3.05, 3.63) is 71.5 Å². The zero-order valence-corrected chi connectivity index (χ0v) is 14.9. The molecule has 128 valence electrons. The number of nitrogens with two attached hydrogens (primary N) is 1. The summed E-state index contributed by atoms with van der Waals surface area (Å²) in [6.07, 6.45) is 5.40. The van der Waals surface area contributed by atoms with Gasteiger partial charge in [-0.2, -0.15) is 0 Å². The Morgan fingerprint density at radius 1 is 1.12 bits per heavy atom. The highest BCUT2D eigenvalue weighted by molar-refractivity contribution is 5.86. The zero-order chi connectivity index (χ0) is 17.4. The van der Waals surface area contributed by atoms with Gasteiger partial charge in [-0.25, -0.2) is 0 Å². The number of H-pyrrole nitrogens is 1. The summed E-state index contributed by atoms with van der Waals surface area (Å²) in [4.78, 5) is 3.41. The number of para-hydroxylation sites is 1. The van der Waals surface area contributed by atoms with Crippen molar-refractivity contribution in [3.8, 4) is 0 Å². The second kappa shape index (κ2) is 6.41. The Labute approximate surface area is 148 Å². The summed E-state index contributed by atoms with van der Waals surface area (Å²) in [5, 5.41) is 2.65. The van der Waals surface area contributed by atoms with E-state index in [1.165, 1.54) is 38.5 Å². The van der Waals surface area contributed by atoms with Crippen LogP contribution in [0.2, 0.25) is 0 Å². The molecule has 0 amide bonds. The van der Waals surface area contributed by atoms with Crippen molar-refractivity contribution in [2.75, 3.05) is 6.54 Å². The lowest BCUT2D eigenvalue weighted by molar-refractivity contribution is 0.697. The largest absolute Gasteiger partial charge is 0.361 e. The van der Waals surface area contributed by atoms with Gasteiger partial charge in [-0.1, -0.05) is 29.8 Å². The third-order valence-corrected chi connectivity index (χ3v) is 5.27. The van der Waals surface area contributed by atoms with Gasteiger partial charge in [-0.3, -0.25) is 0 Å². The van der Waals surface area contributed by atoms with Crippen LogP contribution in [0.15, 0.2) is 54.9 Å². The summed E-state index contributed by atoms with van der Waals surface area (Å²) in [7, 11) is 0. The predicted molar refractivity (Wildman–Crippen MR) is 106 cm³/mol. The quantitative estimate of drug-likeness (QED) is 0.545. The van der Waals surface area contributed by atoms with E-state index in [4.69, 9.17) is 5.73 Å². The number of benzene rings is 2. The van der Waals surface area contributed by atoms with E-state index < -0.39 is 0 Å². The highest BCUT2D eigenvalue weighted by atomic mass is 14.9. The molecule has 2 heterocycles. The van der Waals surface area contributed by atoms with E-state index in [0.717, 1.165) is 13.0 Å². The van der Waals surface area contributed by atoms with Crippen molar-refractivity contribution in [1.29, 1.82) is 0 Å². The number of aromatic nitrogens is 2. The van der Waals surface area contributed by atoms with Crippen LogP contribution in [0.1, 0.15) is 29.5 Å². The number of aromatic amines is 1. The molecule has 0 saturated carbocycles. The molecule has 3 heteroatoms. The molecule has 1 atom stereocenters. The van der Waals surface area contributed by atoms with Gasteiger partial charge in [-0.05, 0) is 56.1 Å². The molecule has 0 aliphatic rings. The van der Waals surface area contributed by atoms with Crippen LogP contribution in [0, 0.1) is 6.92 Å². The van der Waals surface area contributed by atoms with Crippen molar-refractivity contribution in [2.45, 2.75) is 32.7 Å². The van der Waals surface area contributed by atoms with Gasteiger partial charge in [0.2, 0.25) is 0 Å². The summed E-state index contributed by atoms with van der Waals surface area (Å²) in [5.74, 6) is 0.312. The molecule has 1 unspecified atom stereocenters. The number of hydrogen-bond donors (Lipinski definition) is 2. The predicted octanol–water partition coefficient (Wildman–Crippen LogP) is 4.74. The molecule has 3 N–H and O–H groups in total. The number of nitrogens with one attached hydrogen (secondary N) is 1. The highest BCUT2D eigenvalue weighted by Crippen LogP contribution is 2.31. The van der Waals surface area contributed by atoms with Gasteiger partial charge in [-0.15, -0.1) is 0 Å². The maximum absolute atomic E-state index is 6.20. The van der Waals surface area contributed by atoms with Gasteiger partial charge in [0.05, 0.1) is 0 Å². The molecule has 2 aromatic carbocycles. The summed E-state index contributed by atoms with van der Waals surface area (Å²) in [6, 6.07) is 15.2. The number of hydrogen-bond acceptors (Lipinski definition) is 1. The summed E-state index contributed by atoms with van der Waals surface area (Å²) in [6.45, 7) is 5.97. The van der Waals surface area contributed by atoms with E-state index in [0.29, 0.717) is 12.5 Å². The summed E-state index contributed by atoms with van der Waals surface area (Å²) < 4.78 is 2.33. The molecule has 0 saturated heterocycles. The normalized spacial score (nSPS) is 12.9. The second-order valence-electron chi connectivity index (χ2n) is 6.89. The van der Waals surface area contributed by atoms with E-state index in [-0.39, 0.29) is 0 Å². The Balaban J connectivity index is 1.76. The molecule has 0 radical (unpaired) electrons. The minimum atomic E-state index is 0.312. The van der Waals surface area contributed by atoms with E-state index >= 15 is 0 Å². The highest BCUT2D eigenvalue weighted by Gasteiger charge is 2.18. The third-order valence-electron chi connectivity index (χ3n) is 5.27. The van der Waals surface area contributed by atoms with Crippen LogP contribution in [0.3, 0.4) is 0 Å². The Morgan fingerprint density at radius 3 is 2.76 bits per heavy atom. The molecule has 0 bridgehead atoms. The lowest BCUT2D eigenvalue weighted by Crippen LogP contribution is -2.14. The number of fused-ring (bicyclic) bond motifs is 2. The van der Waals surface area contributed by atoms with Crippen LogP contribution in [0.25, 0.3) is 21.8 Å². The molecule has 4 rings (SSSR count). The molecule has 3 nitrogen and oxygen atoms in total. The molecule has 4 aromatic rings. The molecule has 25 heavy (non-hydrogen) atoms. The van der Waals surface area contributed by atoms with Crippen LogP contribution in [0.4, 0.5) is 0 Å². The smallest absolute Gasteiger partial charge is 0.0483 e. The molecule has 0 fully saturated rings. The Morgan fingerprint density at radius 2 is 1.96 bits per heavy atom. The van der Waals surface area contributed by atoms with Crippen LogP contribution >= 0.6 is 0 Å². The van der Waals surface area contributed by atoms with Gasteiger partial charge in [0.15, 0.2) is 0 Å². The number of rotatable bonds is 5. The van der Waals surface area contributed by atoms with Gasteiger partial charge < -0.3 is 15.3 Å². The number of aryl methyl sites for hydroxylation is 2. The van der Waals surface area contributed by atoms with E-state index in [9.17, 15) is 0 Å². The minimum Gasteiger partial charge on any atom is -0.361 e. The van der Waals surface area contributed by atoms with E-state index in [2.05, 4.69) is 78.3 Å². The molecule has 2 aromatic heterocycles. The number of nitrogens with zero attached hydrogens (tertiary/aromatic N) is 1. The third kappa shape index (κ3) is 2.75. The zero-order valence-electron chi connectivity index (χ0n) is 14.9. The fourth-order valence-electron chi connectivity index (χ4n) is 3.93. The van der Waals surface area contributed by atoms with Crippen molar-refractivity contribution < 1.29 is 0 Å². The van der Waals surface area contributed by atoms with Crippen LogP contribution in [-0.2, 0) is 13.0 Å². The van der Waals surface area contributed by atoms with Crippen LogP contribution in [0.5, 0.6) is 0 Å². The van der Waals surface area contributed by atoms with Crippen molar-refractivity contribution >= 4 is 21.8 Å². The van der Waals surface area contributed by atoms with Crippen molar-refractivity contribution in [3.63, 3.8) is 0 Å². The lowest BCUT2D eigenvalue weighted by Gasteiger charge is -2.14. The molecular formula is C22H25N3. The van der Waals surface area contributed by atoms with Gasteiger partial charge in [0.1, 0.15) is 0 Å². The minimum absolute atomic E-state index is 0.312. The average molecular weight is 331 g/mol. The first-order valence-corrected chi connectivity index (χ1v) is 9.05. The fourth-order valence-corrected chi connectivity index (χ4v) is 3.93. The van der Waals surface area contributed by atoms with Gasteiger partial charge in [0, 0.05) is 46.7 Å². The second-order valence-corrected chi connectivity index (χ2v) is 6.89. The molecule has 0 aliphatic heterocycles. The standard InChI is InChI=1S/C22H25N3/c1-3-25-14-17(18-6-4-5-7-22(18)25)11-16(12-23)20-13-24-21-9-8-15(2)10-19(20)21/h4-10,13-14,16,24H,3,11-12,23H2,1-2H3. The van der Waals surface area contributed by atoms with Crippen molar-refractivity contribution in [2.24, 2.45) is 5.73 Å². The molecular weight excluding hydrogens is 306 g/mol. The SMILES string of the molecule is CCn1cc(CC(CN)c2c[nH]c3ccc(C)cc23)c2ccccc21. The maximum Gasteiger partial charge on any atom is 0.0483 e. The summed E-state index contributed by atoms with van der Waals surface area (Å²) in [5.41, 5.74) is 12.7. The topological polar surface area (TPSA) is 46.7 Å². The first-order chi connectivity index (χ1) is 12.2. The Kier molecular flexibility index (Phi) is 4.10. The summed E-state index contributed by atoms with van der Waals surface area (Å²) >= 11 is 0. The first kappa shape index (κ1) is 16.0. The van der Waals surface area contributed by atoms with Gasteiger partial charge >= 0.3 is 0 Å². The fraction of sp³-hybridized carbons (Fsp3) is 0.273. The van der Waals surface area contributed by atoms with E-state index in [1.54, 1.807) is 0 Å². The molecule has 0 spiro atoms.